The van der Waals surface area contributed by atoms with Crippen molar-refractivity contribution in [2.75, 3.05) is 0 Å². The summed E-state index contributed by atoms with van der Waals surface area (Å²) < 4.78 is 0. The summed E-state index contributed by atoms with van der Waals surface area (Å²) >= 11 is 7.50. The van der Waals surface area contributed by atoms with Gasteiger partial charge in [-0.2, -0.15) is 0 Å². The Hall–Kier alpha value is -0.0500. The van der Waals surface area contributed by atoms with Crippen molar-refractivity contribution in [3.63, 3.8) is 0 Å². The highest BCUT2D eigenvalue weighted by atomic mass is 35.5. The molecule has 2 N–H and O–H groups in total. The van der Waals surface area contributed by atoms with E-state index in [0.29, 0.717) is 0 Å². The predicted octanol–water partition coefficient (Wildman–Crippen LogP) is 2.29. The van der Waals surface area contributed by atoms with Gasteiger partial charge in [-0.1, -0.05) is 11.6 Å². The molecular formula is C7H10ClNS. The maximum absolute atomic E-state index is 5.84. The quantitative estimate of drug-likeness (QED) is 0.734. The van der Waals surface area contributed by atoms with Crippen LogP contribution in [0, 0.1) is 0 Å². The zero-order chi connectivity index (χ0) is 7.56. The van der Waals surface area contributed by atoms with Gasteiger partial charge in [0, 0.05) is 10.9 Å². The Morgan fingerprint density at radius 3 is 2.90 bits per heavy atom. The molecule has 1 heterocycles. The topological polar surface area (TPSA) is 26.0 Å². The third kappa shape index (κ3) is 1.97. The van der Waals surface area contributed by atoms with Crippen LogP contribution in [-0.2, 0) is 6.42 Å². The normalized spacial score (nSPS) is 13.5. The van der Waals surface area contributed by atoms with E-state index in [1.54, 1.807) is 11.3 Å². The third-order valence-electron chi connectivity index (χ3n) is 1.20. The molecule has 0 saturated carbocycles. The Morgan fingerprint density at radius 2 is 2.50 bits per heavy atom. The fraction of sp³-hybridized carbons (Fsp3) is 0.429. The second kappa shape index (κ2) is 3.37. The van der Waals surface area contributed by atoms with Crippen molar-refractivity contribution >= 4 is 22.9 Å². The van der Waals surface area contributed by atoms with Crippen LogP contribution < -0.4 is 5.73 Å². The van der Waals surface area contributed by atoms with Gasteiger partial charge < -0.3 is 5.73 Å². The van der Waals surface area contributed by atoms with E-state index in [4.69, 9.17) is 17.3 Å². The molecule has 0 aliphatic carbocycles. The zero-order valence-corrected chi connectivity index (χ0v) is 7.38. The summed E-state index contributed by atoms with van der Waals surface area (Å²) in [5.74, 6) is 0. The van der Waals surface area contributed by atoms with E-state index in [2.05, 4.69) is 0 Å². The molecule has 0 unspecified atom stereocenters. The molecule has 0 radical (unpaired) electrons. The smallest absolute Gasteiger partial charge is 0.0545 e. The fourth-order valence-electron chi connectivity index (χ4n) is 0.763. The van der Waals surface area contributed by atoms with Gasteiger partial charge in [0.15, 0.2) is 0 Å². The van der Waals surface area contributed by atoms with E-state index in [1.165, 1.54) is 4.88 Å². The summed E-state index contributed by atoms with van der Waals surface area (Å²) in [6.07, 6.45) is 0.885. The fourth-order valence-corrected chi connectivity index (χ4v) is 2.02. The van der Waals surface area contributed by atoms with Crippen molar-refractivity contribution < 1.29 is 0 Å². The first-order valence-electron chi connectivity index (χ1n) is 3.17. The molecule has 3 heteroatoms. The minimum absolute atomic E-state index is 0.205. The van der Waals surface area contributed by atoms with E-state index >= 15 is 0 Å². The standard InChI is InChI=1S/C7H10ClNS/c1-5(9)4-7-6(8)2-3-10-7/h2-3,5H,4,9H2,1H3/t5-/m1/s1. The number of hydrogen-bond donors (Lipinski definition) is 1. The Morgan fingerprint density at radius 1 is 1.80 bits per heavy atom. The van der Waals surface area contributed by atoms with Gasteiger partial charge in [0.1, 0.15) is 0 Å². The first kappa shape index (κ1) is 8.05. The summed E-state index contributed by atoms with van der Waals surface area (Å²) in [7, 11) is 0. The average molecular weight is 176 g/mol. The van der Waals surface area contributed by atoms with Crippen molar-refractivity contribution in [1.82, 2.24) is 0 Å². The second-order valence-corrected chi connectivity index (χ2v) is 3.78. The molecule has 0 aromatic carbocycles. The van der Waals surface area contributed by atoms with Gasteiger partial charge in [0.2, 0.25) is 0 Å². The van der Waals surface area contributed by atoms with Crippen molar-refractivity contribution in [3.05, 3.63) is 21.3 Å². The summed E-state index contributed by atoms with van der Waals surface area (Å²) in [4.78, 5) is 1.19. The maximum atomic E-state index is 5.84. The number of halogens is 1. The SMILES string of the molecule is C[C@@H](N)Cc1sccc1Cl. The first-order valence-corrected chi connectivity index (χ1v) is 4.43. The summed E-state index contributed by atoms with van der Waals surface area (Å²) in [6, 6.07) is 2.11. The molecule has 1 aromatic heterocycles. The second-order valence-electron chi connectivity index (χ2n) is 2.37. The zero-order valence-electron chi connectivity index (χ0n) is 5.80. The van der Waals surface area contributed by atoms with Gasteiger partial charge in [0.25, 0.3) is 0 Å². The van der Waals surface area contributed by atoms with Crippen LogP contribution in [0.3, 0.4) is 0 Å². The van der Waals surface area contributed by atoms with E-state index < -0.39 is 0 Å². The molecule has 0 spiro atoms. The summed E-state index contributed by atoms with van der Waals surface area (Å²) in [5.41, 5.74) is 5.60. The highest BCUT2D eigenvalue weighted by Gasteiger charge is 2.03. The molecule has 10 heavy (non-hydrogen) atoms. The van der Waals surface area contributed by atoms with E-state index in [-0.39, 0.29) is 6.04 Å². The monoisotopic (exact) mass is 175 g/mol. The van der Waals surface area contributed by atoms with Crippen molar-refractivity contribution in [2.45, 2.75) is 19.4 Å². The maximum Gasteiger partial charge on any atom is 0.0545 e. The third-order valence-corrected chi connectivity index (χ3v) is 2.61. The van der Waals surface area contributed by atoms with Crippen LogP contribution in [0.15, 0.2) is 11.4 Å². The van der Waals surface area contributed by atoms with Crippen LogP contribution in [0.1, 0.15) is 11.8 Å². The predicted molar refractivity (Wildman–Crippen MR) is 46.7 cm³/mol. The first-order chi connectivity index (χ1) is 4.70. The summed E-state index contributed by atoms with van der Waals surface area (Å²) in [6.45, 7) is 1.98. The van der Waals surface area contributed by atoms with E-state index in [1.807, 2.05) is 18.4 Å². The number of nitrogens with two attached hydrogens (primary N) is 1. The number of thiophene rings is 1. The molecule has 1 nitrogen and oxygen atoms in total. The van der Waals surface area contributed by atoms with Gasteiger partial charge in [0.05, 0.1) is 5.02 Å². The lowest BCUT2D eigenvalue weighted by atomic mass is 10.2. The molecule has 1 rings (SSSR count). The molecular weight excluding hydrogens is 166 g/mol. The van der Waals surface area contributed by atoms with E-state index in [9.17, 15) is 0 Å². The largest absolute Gasteiger partial charge is 0.328 e. The molecule has 0 aliphatic rings. The minimum atomic E-state index is 0.205. The Bertz CT molecular complexity index is 207. The Kier molecular flexibility index (Phi) is 2.72. The highest BCUT2D eigenvalue weighted by molar-refractivity contribution is 7.10. The van der Waals surface area contributed by atoms with Crippen molar-refractivity contribution in [2.24, 2.45) is 5.73 Å². The van der Waals surface area contributed by atoms with Gasteiger partial charge in [-0.15, -0.1) is 11.3 Å². The van der Waals surface area contributed by atoms with Crippen LogP contribution >= 0.6 is 22.9 Å². The molecule has 0 amide bonds. The highest BCUT2D eigenvalue weighted by Crippen LogP contribution is 2.22. The van der Waals surface area contributed by atoms with E-state index in [0.717, 1.165) is 11.4 Å². The van der Waals surface area contributed by atoms with Gasteiger partial charge in [-0.05, 0) is 24.8 Å². The van der Waals surface area contributed by atoms with Crippen LogP contribution in [0.4, 0.5) is 0 Å². The van der Waals surface area contributed by atoms with Gasteiger partial charge in [-0.3, -0.25) is 0 Å². The Balaban J connectivity index is 2.65. The Labute approximate surface area is 69.8 Å². The lowest BCUT2D eigenvalue weighted by molar-refractivity contribution is 0.747. The van der Waals surface area contributed by atoms with Crippen LogP contribution in [0.25, 0.3) is 0 Å². The van der Waals surface area contributed by atoms with Gasteiger partial charge >= 0.3 is 0 Å². The van der Waals surface area contributed by atoms with Crippen LogP contribution in [0.5, 0.6) is 0 Å². The number of hydrogen-bond acceptors (Lipinski definition) is 2. The molecule has 1 aromatic rings. The minimum Gasteiger partial charge on any atom is -0.328 e. The molecule has 56 valence electrons. The summed E-state index contributed by atoms with van der Waals surface area (Å²) in [5, 5.41) is 2.84. The lowest BCUT2D eigenvalue weighted by Gasteiger charge is -2.01. The average Bonchev–Trinajstić information content (AvgIpc) is 2.15. The van der Waals surface area contributed by atoms with Crippen molar-refractivity contribution in [1.29, 1.82) is 0 Å². The molecule has 0 bridgehead atoms. The lowest BCUT2D eigenvalue weighted by Crippen LogP contribution is -2.17. The number of rotatable bonds is 2. The molecule has 1 atom stereocenters. The molecule has 0 fully saturated rings. The van der Waals surface area contributed by atoms with Crippen LogP contribution in [0.2, 0.25) is 5.02 Å². The molecule has 0 saturated heterocycles. The van der Waals surface area contributed by atoms with Gasteiger partial charge in [-0.25, -0.2) is 0 Å². The molecule has 0 aliphatic heterocycles. The van der Waals surface area contributed by atoms with Crippen molar-refractivity contribution in [3.8, 4) is 0 Å². The van der Waals surface area contributed by atoms with Crippen LogP contribution in [-0.4, -0.2) is 6.04 Å².